The molecular weight excluding hydrogens is 259 g/mol. The van der Waals surface area contributed by atoms with E-state index in [1.165, 1.54) is 21.5 Å². The first-order valence-corrected chi connectivity index (χ1v) is 7.17. The van der Waals surface area contributed by atoms with E-state index in [9.17, 15) is 4.39 Å². The summed E-state index contributed by atoms with van der Waals surface area (Å²) in [6.45, 7) is 4.11. The van der Waals surface area contributed by atoms with Crippen molar-refractivity contribution in [2.75, 3.05) is 0 Å². The largest absolute Gasteiger partial charge is 0.206 e. The molecule has 21 heavy (non-hydrogen) atoms. The third kappa shape index (κ3) is 1.61. The van der Waals surface area contributed by atoms with Crippen LogP contribution >= 0.6 is 0 Å². The minimum Gasteiger partial charge on any atom is -0.206 e. The molecule has 0 unspecified atom stereocenters. The van der Waals surface area contributed by atoms with Gasteiger partial charge in [0.15, 0.2) is 0 Å². The monoisotopic (exact) mass is 274 g/mol. The van der Waals surface area contributed by atoms with E-state index in [1.807, 2.05) is 25.1 Å². The van der Waals surface area contributed by atoms with Gasteiger partial charge >= 0.3 is 0 Å². The lowest BCUT2D eigenvalue weighted by Crippen LogP contribution is -1.92. The Kier molecular flexibility index (Phi) is 2.52. The van der Waals surface area contributed by atoms with Crippen molar-refractivity contribution >= 4 is 32.3 Å². The predicted molar refractivity (Wildman–Crippen MR) is 88.4 cm³/mol. The number of fused-ring (bicyclic) bond motifs is 4. The van der Waals surface area contributed by atoms with Gasteiger partial charge in [-0.25, -0.2) is 4.39 Å². The van der Waals surface area contributed by atoms with Crippen molar-refractivity contribution in [3.05, 3.63) is 71.5 Å². The zero-order valence-corrected chi connectivity index (χ0v) is 12.1. The number of halogens is 1. The molecule has 0 atom stereocenters. The maximum Gasteiger partial charge on any atom is 0.131 e. The topological polar surface area (TPSA) is 0 Å². The Balaban J connectivity index is 2.40. The van der Waals surface area contributed by atoms with Crippen molar-refractivity contribution in [1.82, 2.24) is 0 Å². The molecule has 1 heteroatoms. The molecule has 0 saturated heterocycles. The summed E-state index contributed by atoms with van der Waals surface area (Å²) in [4.78, 5) is 0. The molecule has 0 amide bonds. The molecule has 4 aromatic carbocycles. The molecule has 0 spiro atoms. The molecule has 4 rings (SSSR count). The minimum atomic E-state index is -0.136. The van der Waals surface area contributed by atoms with Crippen LogP contribution in [0.4, 0.5) is 4.39 Å². The molecule has 0 aliphatic carbocycles. The van der Waals surface area contributed by atoms with Crippen LogP contribution in [0.5, 0.6) is 0 Å². The van der Waals surface area contributed by atoms with Crippen LogP contribution in [0.15, 0.2) is 54.6 Å². The second kappa shape index (κ2) is 4.29. The smallest absolute Gasteiger partial charge is 0.131 e. The van der Waals surface area contributed by atoms with E-state index < -0.39 is 0 Å². The van der Waals surface area contributed by atoms with Gasteiger partial charge in [-0.1, -0.05) is 48.5 Å². The fraction of sp³-hybridized carbons (Fsp3) is 0.100. The first kappa shape index (κ1) is 12.3. The van der Waals surface area contributed by atoms with Crippen molar-refractivity contribution in [3.8, 4) is 0 Å². The normalized spacial score (nSPS) is 11.6. The summed E-state index contributed by atoms with van der Waals surface area (Å²) in [7, 11) is 0. The van der Waals surface area contributed by atoms with Gasteiger partial charge in [-0.05, 0) is 58.0 Å². The maximum atomic E-state index is 14.4. The van der Waals surface area contributed by atoms with Crippen molar-refractivity contribution < 1.29 is 4.39 Å². The second-order valence-corrected chi connectivity index (χ2v) is 5.62. The highest BCUT2D eigenvalue weighted by Crippen LogP contribution is 2.37. The molecule has 0 N–H and O–H groups in total. The van der Waals surface area contributed by atoms with Gasteiger partial charge in [0.1, 0.15) is 5.82 Å². The van der Waals surface area contributed by atoms with E-state index in [2.05, 4.69) is 31.2 Å². The van der Waals surface area contributed by atoms with Gasteiger partial charge < -0.3 is 0 Å². The standard InChI is InChI=1S/C20H15F/c1-12-15-8-5-9-18(21)20(15)13(2)19-16(12)11-10-14-6-3-4-7-17(14)19/h3-11H,1-2H3. The first-order valence-electron chi connectivity index (χ1n) is 7.17. The van der Waals surface area contributed by atoms with Crippen LogP contribution in [0.3, 0.4) is 0 Å². The highest BCUT2D eigenvalue weighted by atomic mass is 19.1. The number of rotatable bonds is 0. The number of hydrogen-bond donors (Lipinski definition) is 0. The lowest BCUT2D eigenvalue weighted by molar-refractivity contribution is 0.639. The molecule has 0 fully saturated rings. The molecule has 0 aromatic heterocycles. The number of aryl methyl sites for hydroxylation is 2. The Hall–Kier alpha value is -2.41. The Bertz CT molecular complexity index is 1010. The predicted octanol–water partition coefficient (Wildman–Crippen LogP) is 5.90. The van der Waals surface area contributed by atoms with Gasteiger partial charge in [0.05, 0.1) is 0 Å². The summed E-state index contributed by atoms with van der Waals surface area (Å²) in [5.41, 5.74) is 2.18. The van der Waals surface area contributed by atoms with Crippen LogP contribution in [0.25, 0.3) is 32.3 Å². The summed E-state index contributed by atoms with van der Waals surface area (Å²) in [6.07, 6.45) is 0. The molecule has 0 heterocycles. The summed E-state index contributed by atoms with van der Waals surface area (Å²) in [6, 6.07) is 18.0. The highest BCUT2D eigenvalue weighted by Gasteiger charge is 2.13. The SMILES string of the molecule is Cc1c2cccc(F)c2c(C)c2c1ccc1ccccc12. The van der Waals surface area contributed by atoms with Gasteiger partial charge in [-0.2, -0.15) is 0 Å². The molecule has 4 aromatic rings. The highest BCUT2D eigenvalue weighted by molar-refractivity contribution is 6.16. The molecular formula is C20H15F. The molecule has 102 valence electrons. The molecule has 0 aliphatic rings. The van der Waals surface area contributed by atoms with E-state index in [0.717, 1.165) is 21.9 Å². The first-order chi connectivity index (χ1) is 10.2. The summed E-state index contributed by atoms with van der Waals surface area (Å²) in [5.74, 6) is -0.136. The third-order valence-electron chi connectivity index (χ3n) is 4.50. The lowest BCUT2D eigenvalue weighted by atomic mass is 9.90. The Labute approximate surface area is 122 Å². The van der Waals surface area contributed by atoms with E-state index >= 15 is 0 Å². The Morgan fingerprint density at radius 2 is 1.33 bits per heavy atom. The second-order valence-electron chi connectivity index (χ2n) is 5.62. The van der Waals surface area contributed by atoms with E-state index in [0.29, 0.717) is 0 Å². The average Bonchev–Trinajstić information content (AvgIpc) is 2.51. The average molecular weight is 274 g/mol. The summed E-state index contributed by atoms with van der Waals surface area (Å²) in [5, 5.41) is 6.53. The van der Waals surface area contributed by atoms with Crippen molar-refractivity contribution in [1.29, 1.82) is 0 Å². The zero-order chi connectivity index (χ0) is 14.6. The fourth-order valence-electron chi connectivity index (χ4n) is 3.48. The molecule has 0 nitrogen and oxygen atoms in total. The summed E-state index contributed by atoms with van der Waals surface area (Å²) >= 11 is 0. The maximum absolute atomic E-state index is 14.4. The van der Waals surface area contributed by atoms with Crippen LogP contribution in [-0.4, -0.2) is 0 Å². The minimum absolute atomic E-state index is 0.136. The third-order valence-corrected chi connectivity index (χ3v) is 4.50. The Morgan fingerprint density at radius 3 is 2.19 bits per heavy atom. The van der Waals surface area contributed by atoms with Crippen LogP contribution in [0.2, 0.25) is 0 Å². The quantitative estimate of drug-likeness (QED) is 0.276. The molecule has 0 bridgehead atoms. The summed E-state index contributed by atoms with van der Waals surface area (Å²) < 4.78 is 14.4. The number of benzene rings is 4. The fourth-order valence-corrected chi connectivity index (χ4v) is 3.48. The van der Waals surface area contributed by atoms with E-state index in [-0.39, 0.29) is 5.82 Å². The van der Waals surface area contributed by atoms with Crippen molar-refractivity contribution in [2.45, 2.75) is 13.8 Å². The van der Waals surface area contributed by atoms with Crippen LogP contribution in [0, 0.1) is 19.7 Å². The van der Waals surface area contributed by atoms with Gasteiger partial charge in [-0.3, -0.25) is 0 Å². The zero-order valence-electron chi connectivity index (χ0n) is 12.1. The van der Waals surface area contributed by atoms with E-state index in [4.69, 9.17) is 0 Å². The van der Waals surface area contributed by atoms with Gasteiger partial charge in [0, 0.05) is 5.39 Å². The Morgan fingerprint density at radius 1 is 0.619 bits per heavy atom. The van der Waals surface area contributed by atoms with Gasteiger partial charge in [0.2, 0.25) is 0 Å². The molecule has 0 radical (unpaired) electrons. The lowest BCUT2D eigenvalue weighted by Gasteiger charge is -2.14. The van der Waals surface area contributed by atoms with Crippen LogP contribution < -0.4 is 0 Å². The van der Waals surface area contributed by atoms with Crippen LogP contribution in [0.1, 0.15) is 11.1 Å². The van der Waals surface area contributed by atoms with Gasteiger partial charge in [0.25, 0.3) is 0 Å². The van der Waals surface area contributed by atoms with E-state index in [1.54, 1.807) is 12.1 Å². The van der Waals surface area contributed by atoms with Crippen LogP contribution in [-0.2, 0) is 0 Å². The molecule has 0 aliphatic heterocycles. The number of hydrogen-bond acceptors (Lipinski definition) is 0. The van der Waals surface area contributed by atoms with Crippen molar-refractivity contribution in [2.24, 2.45) is 0 Å². The molecule has 0 saturated carbocycles. The van der Waals surface area contributed by atoms with Crippen molar-refractivity contribution in [3.63, 3.8) is 0 Å². The van der Waals surface area contributed by atoms with Gasteiger partial charge in [-0.15, -0.1) is 0 Å².